The minimum Gasteiger partial charge on any atom is -0.326 e. The molecule has 3 rings (SSSR count). The van der Waals surface area contributed by atoms with Crippen LogP contribution < -0.4 is 16.0 Å². The largest absolute Gasteiger partial charge is 0.326 e. The Morgan fingerprint density at radius 3 is 2.65 bits per heavy atom. The molecule has 2 aromatic rings. The summed E-state index contributed by atoms with van der Waals surface area (Å²) in [5.74, 6) is 0.397. The third-order valence-electron chi connectivity index (χ3n) is 4.75. The Kier molecular flexibility index (Phi) is 6.02. The number of carbonyl (C=O) groups is 2. The fourth-order valence-corrected chi connectivity index (χ4v) is 3.13. The van der Waals surface area contributed by atoms with Crippen LogP contribution in [0.2, 0.25) is 0 Å². The number of para-hydroxylation sites is 1. The topological polar surface area (TPSA) is 70.2 Å². The predicted octanol–water partition coefficient (Wildman–Crippen LogP) is 3.58. The first-order valence-corrected chi connectivity index (χ1v) is 9.09. The van der Waals surface area contributed by atoms with Crippen LogP contribution in [0.25, 0.3) is 0 Å². The summed E-state index contributed by atoms with van der Waals surface area (Å²) in [6.45, 7) is 3.97. The van der Waals surface area contributed by atoms with Crippen LogP contribution in [0.3, 0.4) is 0 Å². The number of hydrogen-bond acceptors (Lipinski definition) is 3. The van der Waals surface area contributed by atoms with Crippen LogP contribution in [0, 0.1) is 12.8 Å². The van der Waals surface area contributed by atoms with Crippen molar-refractivity contribution >= 4 is 23.2 Å². The Bertz CT molecular complexity index is 768. The van der Waals surface area contributed by atoms with E-state index in [1.165, 1.54) is 0 Å². The molecule has 0 aromatic heterocycles. The lowest BCUT2D eigenvalue weighted by Gasteiger charge is -2.12. The second kappa shape index (κ2) is 8.63. The van der Waals surface area contributed by atoms with Crippen molar-refractivity contribution in [2.75, 3.05) is 23.7 Å². The molecule has 1 aliphatic heterocycles. The SMILES string of the molecule is Cc1ccc(C(=O)Nc2ccccc2)cc1NC(=O)CCC1CCNC1. The summed E-state index contributed by atoms with van der Waals surface area (Å²) in [6.07, 6.45) is 2.54. The van der Waals surface area contributed by atoms with Gasteiger partial charge in [0.15, 0.2) is 0 Å². The Morgan fingerprint density at radius 1 is 1.12 bits per heavy atom. The molecule has 1 fully saturated rings. The van der Waals surface area contributed by atoms with Crippen LogP contribution in [-0.4, -0.2) is 24.9 Å². The van der Waals surface area contributed by atoms with Gasteiger partial charge in [-0.3, -0.25) is 9.59 Å². The molecule has 0 bridgehead atoms. The molecule has 1 saturated heterocycles. The summed E-state index contributed by atoms with van der Waals surface area (Å²) >= 11 is 0. The molecule has 2 amide bonds. The van der Waals surface area contributed by atoms with E-state index in [1.807, 2.05) is 43.3 Å². The Morgan fingerprint density at radius 2 is 1.92 bits per heavy atom. The first kappa shape index (κ1) is 18.1. The fraction of sp³-hybridized carbons (Fsp3) is 0.333. The lowest BCUT2D eigenvalue weighted by Crippen LogP contribution is -2.17. The molecule has 0 aliphatic carbocycles. The van der Waals surface area contributed by atoms with Crippen molar-refractivity contribution in [1.82, 2.24) is 5.32 Å². The molecule has 2 aromatic carbocycles. The van der Waals surface area contributed by atoms with Crippen LogP contribution in [0.1, 0.15) is 35.2 Å². The average Bonchev–Trinajstić information content (AvgIpc) is 3.16. The van der Waals surface area contributed by atoms with E-state index in [2.05, 4.69) is 16.0 Å². The highest BCUT2D eigenvalue weighted by molar-refractivity contribution is 6.05. The highest BCUT2D eigenvalue weighted by Gasteiger charge is 2.16. The van der Waals surface area contributed by atoms with Crippen molar-refractivity contribution < 1.29 is 9.59 Å². The van der Waals surface area contributed by atoms with Crippen LogP contribution in [0.5, 0.6) is 0 Å². The molecule has 5 heteroatoms. The summed E-state index contributed by atoms with van der Waals surface area (Å²) in [6, 6.07) is 14.7. The molecule has 1 aliphatic rings. The average molecular weight is 351 g/mol. The molecule has 0 spiro atoms. The van der Waals surface area contributed by atoms with Gasteiger partial charge in [-0.1, -0.05) is 24.3 Å². The highest BCUT2D eigenvalue weighted by Crippen LogP contribution is 2.20. The summed E-state index contributed by atoms with van der Waals surface area (Å²) in [5, 5.41) is 9.13. The second-order valence-electron chi connectivity index (χ2n) is 6.80. The summed E-state index contributed by atoms with van der Waals surface area (Å²) < 4.78 is 0. The van der Waals surface area contributed by atoms with Crippen LogP contribution in [0.4, 0.5) is 11.4 Å². The molecule has 1 atom stereocenters. The summed E-state index contributed by atoms with van der Waals surface area (Å²) in [7, 11) is 0. The van der Waals surface area contributed by atoms with E-state index >= 15 is 0 Å². The number of nitrogens with one attached hydrogen (secondary N) is 3. The minimum absolute atomic E-state index is 0.000572. The van der Waals surface area contributed by atoms with Gasteiger partial charge in [-0.25, -0.2) is 0 Å². The van der Waals surface area contributed by atoms with Gasteiger partial charge in [0.25, 0.3) is 5.91 Å². The van der Waals surface area contributed by atoms with Gasteiger partial charge in [0.1, 0.15) is 0 Å². The van der Waals surface area contributed by atoms with E-state index in [4.69, 9.17) is 0 Å². The molecule has 1 heterocycles. The van der Waals surface area contributed by atoms with Gasteiger partial charge in [-0.05, 0) is 68.6 Å². The lowest BCUT2D eigenvalue weighted by atomic mass is 10.0. The van der Waals surface area contributed by atoms with E-state index in [0.717, 1.165) is 37.2 Å². The summed E-state index contributed by atoms with van der Waals surface area (Å²) in [5.41, 5.74) is 2.90. The first-order valence-electron chi connectivity index (χ1n) is 9.09. The lowest BCUT2D eigenvalue weighted by molar-refractivity contribution is -0.116. The molecule has 5 nitrogen and oxygen atoms in total. The molecular formula is C21H25N3O2. The number of carbonyl (C=O) groups excluding carboxylic acids is 2. The van der Waals surface area contributed by atoms with Crippen molar-refractivity contribution in [2.24, 2.45) is 5.92 Å². The molecule has 0 saturated carbocycles. The number of benzene rings is 2. The number of rotatable bonds is 6. The standard InChI is InChI=1S/C21H25N3O2/c1-15-7-9-17(21(26)23-18-5-3-2-4-6-18)13-19(15)24-20(25)10-8-16-11-12-22-14-16/h2-7,9,13,16,22H,8,10-12,14H2,1H3,(H,23,26)(H,24,25). The van der Waals surface area contributed by atoms with E-state index < -0.39 is 0 Å². The van der Waals surface area contributed by atoms with Crippen molar-refractivity contribution in [1.29, 1.82) is 0 Å². The molecule has 3 N–H and O–H groups in total. The maximum Gasteiger partial charge on any atom is 0.255 e. The number of aryl methyl sites for hydroxylation is 1. The van der Waals surface area contributed by atoms with Gasteiger partial charge < -0.3 is 16.0 Å². The number of hydrogen-bond donors (Lipinski definition) is 3. The van der Waals surface area contributed by atoms with E-state index in [0.29, 0.717) is 23.6 Å². The first-order chi connectivity index (χ1) is 12.6. The minimum atomic E-state index is -0.191. The van der Waals surface area contributed by atoms with Gasteiger partial charge in [0.2, 0.25) is 5.91 Å². The zero-order valence-corrected chi connectivity index (χ0v) is 15.0. The molecule has 26 heavy (non-hydrogen) atoms. The molecule has 136 valence electrons. The third-order valence-corrected chi connectivity index (χ3v) is 4.75. The molecular weight excluding hydrogens is 326 g/mol. The Labute approximate surface area is 154 Å². The molecule has 1 unspecified atom stereocenters. The normalized spacial score (nSPS) is 16.3. The third kappa shape index (κ3) is 4.92. The van der Waals surface area contributed by atoms with Gasteiger partial charge in [-0.2, -0.15) is 0 Å². The van der Waals surface area contributed by atoms with Gasteiger partial charge in [0, 0.05) is 23.4 Å². The Hall–Kier alpha value is -2.66. The Balaban J connectivity index is 1.61. The maximum absolute atomic E-state index is 12.4. The van der Waals surface area contributed by atoms with Crippen molar-refractivity contribution in [2.45, 2.75) is 26.2 Å². The van der Waals surface area contributed by atoms with E-state index in [-0.39, 0.29) is 11.8 Å². The van der Waals surface area contributed by atoms with Crippen molar-refractivity contribution in [3.8, 4) is 0 Å². The summed E-state index contributed by atoms with van der Waals surface area (Å²) in [4.78, 5) is 24.7. The van der Waals surface area contributed by atoms with Gasteiger partial charge in [-0.15, -0.1) is 0 Å². The second-order valence-corrected chi connectivity index (χ2v) is 6.80. The zero-order chi connectivity index (χ0) is 18.4. The predicted molar refractivity (Wildman–Crippen MR) is 104 cm³/mol. The van der Waals surface area contributed by atoms with Gasteiger partial charge in [0.05, 0.1) is 0 Å². The van der Waals surface area contributed by atoms with E-state index in [9.17, 15) is 9.59 Å². The van der Waals surface area contributed by atoms with Crippen LogP contribution in [0.15, 0.2) is 48.5 Å². The maximum atomic E-state index is 12.4. The van der Waals surface area contributed by atoms with Crippen LogP contribution >= 0.6 is 0 Å². The van der Waals surface area contributed by atoms with Crippen molar-refractivity contribution in [3.63, 3.8) is 0 Å². The van der Waals surface area contributed by atoms with Crippen molar-refractivity contribution in [3.05, 3.63) is 59.7 Å². The van der Waals surface area contributed by atoms with Crippen LogP contribution in [-0.2, 0) is 4.79 Å². The smallest absolute Gasteiger partial charge is 0.255 e. The molecule has 0 radical (unpaired) electrons. The number of anilines is 2. The quantitative estimate of drug-likeness (QED) is 0.745. The number of amides is 2. The van der Waals surface area contributed by atoms with E-state index in [1.54, 1.807) is 12.1 Å². The highest BCUT2D eigenvalue weighted by atomic mass is 16.2. The fourth-order valence-electron chi connectivity index (χ4n) is 3.13. The van der Waals surface area contributed by atoms with Gasteiger partial charge >= 0.3 is 0 Å². The zero-order valence-electron chi connectivity index (χ0n) is 15.0. The monoisotopic (exact) mass is 351 g/mol.